The van der Waals surface area contributed by atoms with E-state index in [0.717, 1.165) is 15.1 Å². The molecule has 0 atom stereocenters. The van der Waals surface area contributed by atoms with Gasteiger partial charge in [-0.3, -0.25) is 4.79 Å². The fourth-order valence-electron chi connectivity index (χ4n) is 3.95. The van der Waals surface area contributed by atoms with Gasteiger partial charge in [-0.2, -0.15) is 9.30 Å². The van der Waals surface area contributed by atoms with Gasteiger partial charge in [-0.15, -0.1) is 11.8 Å². The fraction of sp³-hybridized carbons (Fsp3) is 0.391. The van der Waals surface area contributed by atoms with Crippen molar-refractivity contribution in [2.24, 2.45) is 10.9 Å². The van der Waals surface area contributed by atoms with Gasteiger partial charge in [-0.05, 0) is 61.6 Å². The second-order valence-electron chi connectivity index (χ2n) is 7.95. The molecule has 1 saturated heterocycles. The summed E-state index contributed by atoms with van der Waals surface area (Å²) in [7, 11) is -1.97. The smallest absolute Gasteiger partial charge is 0.251 e. The zero-order valence-electron chi connectivity index (χ0n) is 18.9. The molecule has 7 nitrogen and oxygen atoms in total. The molecule has 1 aliphatic rings. The Morgan fingerprint density at radius 3 is 2.56 bits per heavy atom. The topological polar surface area (TPSA) is 81.0 Å². The van der Waals surface area contributed by atoms with Crippen LogP contribution in [-0.2, 0) is 26.1 Å². The molecule has 1 amide bonds. The number of hydrogen-bond donors (Lipinski definition) is 0. The van der Waals surface area contributed by atoms with Crippen LogP contribution in [0, 0.1) is 5.92 Å². The molecule has 0 N–H and O–H groups in total. The van der Waals surface area contributed by atoms with Gasteiger partial charge in [-0.25, -0.2) is 8.42 Å². The van der Waals surface area contributed by atoms with Crippen LogP contribution in [0.15, 0.2) is 57.2 Å². The molecule has 1 fully saturated rings. The number of nitrogens with zero attached hydrogens (tertiary/aromatic N) is 3. The number of carbonyl (C=O) groups is 1. The number of hydrogen-bond acceptors (Lipinski definition) is 6. The Hall–Kier alpha value is -1.69. The number of methoxy groups -OCH3 is 1. The highest BCUT2D eigenvalue weighted by Gasteiger charge is 2.32. The lowest BCUT2D eigenvalue weighted by atomic mass is 9.98. The lowest BCUT2D eigenvalue weighted by Gasteiger charge is -2.29. The number of benzene rings is 2. The van der Waals surface area contributed by atoms with Crippen LogP contribution in [0.3, 0.4) is 0 Å². The van der Waals surface area contributed by atoms with Crippen molar-refractivity contribution >= 4 is 60.8 Å². The Morgan fingerprint density at radius 2 is 1.91 bits per heavy atom. The molecule has 1 aromatic heterocycles. The fourth-order valence-corrected chi connectivity index (χ4v) is 7.16. The van der Waals surface area contributed by atoms with E-state index in [2.05, 4.69) is 23.2 Å². The normalized spacial score (nSPS) is 16.4. The number of thiazole rings is 1. The molecule has 0 aliphatic carbocycles. The van der Waals surface area contributed by atoms with E-state index in [4.69, 9.17) is 16.3 Å². The second kappa shape index (κ2) is 10.9. The highest BCUT2D eigenvalue weighted by Crippen LogP contribution is 2.27. The van der Waals surface area contributed by atoms with Crippen LogP contribution in [0.2, 0.25) is 5.02 Å². The van der Waals surface area contributed by atoms with Crippen molar-refractivity contribution in [2.45, 2.75) is 29.2 Å². The van der Waals surface area contributed by atoms with Crippen LogP contribution in [0.4, 0.5) is 0 Å². The van der Waals surface area contributed by atoms with Crippen molar-refractivity contribution < 1.29 is 17.9 Å². The van der Waals surface area contributed by atoms with Crippen LogP contribution in [0.1, 0.15) is 12.8 Å². The largest absolute Gasteiger partial charge is 0.383 e. The van der Waals surface area contributed by atoms with Crippen molar-refractivity contribution in [3.63, 3.8) is 0 Å². The van der Waals surface area contributed by atoms with Gasteiger partial charge in [0.15, 0.2) is 4.80 Å². The maximum absolute atomic E-state index is 13.1. The van der Waals surface area contributed by atoms with E-state index in [1.807, 2.05) is 10.8 Å². The van der Waals surface area contributed by atoms with Crippen LogP contribution in [-0.4, -0.2) is 56.3 Å². The van der Waals surface area contributed by atoms with Crippen LogP contribution in [0.25, 0.3) is 10.2 Å². The third-order valence-corrected chi connectivity index (χ3v) is 9.80. The summed E-state index contributed by atoms with van der Waals surface area (Å²) in [5.41, 5.74) is 1.02. The van der Waals surface area contributed by atoms with Crippen molar-refractivity contribution in [3.8, 4) is 0 Å². The van der Waals surface area contributed by atoms with Crippen molar-refractivity contribution in [1.29, 1.82) is 0 Å². The number of halogens is 1. The minimum absolute atomic E-state index is 0.202. The summed E-state index contributed by atoms with van der Waals surface area (Å²) in [6.07, 6.45) is 2.91. The molecule has 0 bridgehead atoms. The van der Waals surface area contributed by atoms with Gasteiger partial charge in [0.1, 0.15) is 0 Å². The summed E-state index contributed by atoms with van der Waals surface area (Å²) in [6.45, 7) is 1.67. The van der Waals surface area contributed by atoms with Crippen LogP contribution < -0.4 is 4.80 Å². The second-order valence-corrected chi connectivity index (χ2v) is 12.2. The van der Waals surface area contributed by atoms with Gasteiger partial charge in [0.2, 0.25) is 10.0 Å². The zero-order chi connectivity index (χ0) is 24.3. The van der Waals surface area contributed by atoms with Crippen molar-refractivity contribution in [2.75, 3.05) is 33.1 Å². The number of sulfonamides is 1. The molecule has 0 radical (unpaired) electrons. The minimum atomic E-state index is -3.61. The molecule has 0 saturated carbocycles. The number of piperidine rings is 1. The Bertz CT molecular complexity index is 1340. The lowest BCUT2D eigenvalue weighted by molar-refractivity contribution is -0.122. The van der Waals surface area contributed by atoms with E-state index in [1.54, 1.807) is 31.0 Å². The Balaban J connectivity index is 1.53. The van der Waals surface area contributed by atoms with E-state index in [9.17, 15) is 13.2 Å². The molecule has 2 aromatic carbocycles. The number of fused-ring (bicyclic) bond motifs is 1. The highest BCUT2D eigenvalue weighted by molar-refractivity contribution is 7.98. The van der Waals surface area contributed by atoms with Gasteiger partial charge < -0.3 is 9.30 Å². The zero-order valence-corrected chi connectivity index (χ0v) is 22.1. The SMILES string of the molecule is COCCn1c(=NC(=O)C2CCN(S(=O)(=O)c3ccc(Cl)cc3)CC2)sc2cc(SC)ccc21. The summed E-state index contributed by atoms with van der Waals surface area (Å²) in [4.78, 5) is 19.6. The molecule has 182 valence electrons. The molecular formula is C23H26ClN3O4S3. The molecule has 4 rings (SSSR count). The van der Waals surface area contributed by atoms with E-state index in [-0.39, 0.29) is 29.8 Å². The average Bonchev–Trinajstić information content (AvgIpc) is 3.18. The van der Waals surface area contributed by atoms with Crippen LogP contribution >= 0.6 is 34.7 Å². The molecular weight excluding hydrogens is 514 g/mol. The van der Waals surface area contributed by atoms with E-state index in [1.165, 1.54) is 27.8 Å². The van der Waals surface area contributed by atoms with Gasteiger partial charge in [-0.1, -0.05) is 22.9 Å². The van der Waals surface area contributed by atoms with E-state index < -0.39 is 10.0 Å². The first-order valence-electron chi connectivity index (χ1n) is 10.8. The first-order valence-corrected chi connectivity index (χ1v) is 14.7. The summed E-state index contributed by atoms with van der Waals surface area (Å²) < 4.78 is 35.6. The third kappa shape index (κ3) is 5.42. The van der Waals surface area contributed by atoms with Gasteiger partial charge in [0, 0.05) is 42.6 Å². The summed E-state index contributed by atoms with van der Waals surface area (Å²) >= 11 is 9.04. The van der Waals surface area contributed by atoms with E-state index >= 15 is 0 Å². The minimum Gasteiger partial charge on any atom is -0.383 e. The lowest BCUT2D eigenvalue weighted by Crippen LogP contribution is -2.40. The first-order chi connectivity index (χ1) is 16.3. The number of aromatic nitrogens is 1. The standard InChI is InChI=1S/C23H26ClN3O4S3/c1-31-14-13-27-20-8-5-18(32-2)15-21(20)33-23(27)25-22(28)16-9-11-26(12-10-16)34(29,30)19-6-3-17(24)4-7-19/h3-8,15-16H,9-14H2,1-2H3. The van der Waals surface area contributed by atoms with Gasteiger partial charge >= 0.3 is 0 Å². The quantitative estimate of drug-likeness (QED) is 0.419. The summed E-state index contributed by atoms with van der Waals surface area (Å²) in [5, 5.41) is 0.485. The molecule has 3 aromatic rings. The number of rotatable bonds is 7. The maximum atomic E-state index is 13.1. The molecule has 0 spiro atoms. The summed E-state index contributed by atoms with van der Waals surface area (Å²) in [6, 6.07) is 12.4. The number of amides is 1. The van der Waals surface area contributed by atoms with Gasteiger partial charge in [0.05, 0.1) is 21.7 Å². The molecule has 34 heavy (non-hydrogen) atoms. The maximum Gasteiger partial charge on any atom is 0.251 e. The highest BCUT2D eigenvalue weighted by atomic mass is 35.5. The predicted molar refractivity (Wildman–Crippen MR) is 137 cm³/mol. The monoisotopic (exact) mass is 539 g/mol. The average molecular weight is 540 g/mol. The number of thioether (sulfide) groups is 1. The van der Waals surface area contributed by atoms with Crippen LogP contribution in [0.5, 0.6) is 0 Å². The molecule has 11 heteroatoms. The van der Waals surface area contributed by atoms with Crippen molar-refractivity contribution in [1.82, 2.24) is 8.87 Å². The Kier molecular flexibility index (Phi) is 8.16. The molecule has 2 heterocycles. The summed E-state index contributed by atoms with van der Waals surface area (Å²) in [5.74, 6) is -0.508. The van der Waals surface area contributed by atoms with E-state index in [0.29, 0.717) is 35.8 Å². The van der Waals surface area contributed by atoms with Gasteiger partial charge in [0.25, 0.3) is 5.91 Å². The van der Waals surface area contributed by atoms with Crippen molar-refractivity contribution in [3.05, 3.63) is 52.3 Å². The third-order valence-electron chi connectivity index (χ3n) is 5.87. The predicted octanol–water partition coefficient (Wildman–Crippen LogP) is 4.25. The number of ether oxygens (including phenoxy) is 1. The Labute approximate surface area is 212 Å². The first kappa shape index (κ1) is 25.4. The molecule has 1 aliphatic heterocycles. The molecule has 0 unspecified atom stereocenters. The number of carbonyl (C=O) groups excluding carboxylic acids is 1. The Morgan fingerprint density at radius 1 is 1.21 bits per heavy atom.